The number of aliphatic hydroxyl groups excluding tert-OH is 2. The Morgan fingerprint density at radius 2 is 2.22 bits per heavy atom. The number of aliphatic hydroxyl groups is 3. The van der Waals surface area contributed by atoms with Crippen LogP contribution in [0.3, 0.4) is 0 Å². The molecular formula is C16H21N7O4. The maximum absolute atomic E-state index is 10.7. The number of hydrogen-bond donors (Lipinski definition) is 5. The van der Waals surface area contributed by atoms with Crippen LogP contribution in [0.4, 0.5) is 5.82 Å². The molecule has 0 saturated carbocycles. The number of nitrogens with zero attached hydrogens (tertiary/aromatic N) is 5. The summed E-state index contributed by atoms with van der Waals surface area (Å²) in [5.41, 5.74) is 0.353. The van der Waals surface area contributed by atoms with E-state index in [4.69, 9.17) is 4.74 Å². The number of ether oxygens (including phenoxy) is 1. The van der Waals surface area contributed by atoms with Crippen LogP contribution >= 0.6 is 0 Å². The Labute approximate surface area is 154 Å². The molecule has 0 bridgehead atoms. The lowest BCUT2D eigenvalue weighted by Crippen LogP contribution is -2.44. The Balaban J connectivity index is 1.59. The number of nitrogens with one attached hydrogen (secondary N) is 2. The number of fused-ring (bicyclic) bond motifs is 1. The van der Waals surface area contributed by atoms with Crippen LogP contribution in [0.2, 0.25) is 0 Å². The fourth-order valence-corrected chi connectivity index (χ4v) is 3.28. The molecule has 1 aliphatic rings. The smallest absolute Gasteiger partial charge is 0.168 e. The van der Waals surface area contributed by atoms with Gasteiger partial charge in [0.2, 0.25) is 0 Å². The van der Waals surface area contributed by atoms with Crippen molar-refractivity contribution in [2.75, 3.05) is 18.5 Å². The van der Waals surface area contributed by atoms with Crippen LogP contribution in [0.1, 0.15) is 18.8 Å². The molecule has 4 heterocycles. The van der Waals surface area contributed by atoms with E-state index in [-0.39, 0.29) is 0 Å². The van der Waals surface area contributed by atoms with Crippen LogP contribution in [0, 0.1) is 0 Å². The topological polar surface area (TPSA) is 154 Å². The second kappa shape index (κ2) is 6.85. The summed E-state index contributed by atoms with van der Waals surface area (Å²) in [5, 5.41) is 33.4. The monoisotopic (exact) mass is 375 g/mol. The molecule has 27 heavy (non-hydrogen) atoms. The molecule has 0 spiro atoms. The molecule has 11 heteroatoms. The first kappa shape index (κ1) is 17.8. The number of hydrogen-bond acceptors (Lipinski definition) is 9. The Bertz CT molecular complexity index is 911. The lowest BCUT2D eigenvalue weighted by molar-refractivity contribution is -0.0950. The first-order valence-electron chi connectivity index (χ1n) is 8.57. The quantitative estimate of drug-likeness (QED) is 0.373. The largest absolute Gasteiger partial charge is 0.394 e. The minimum absolute atomic E-state index is 0.407. The lowest BCUT2D eigenvalue weighted by Gasteiger charge is -2.27. The van der Waals surface area contributed by atoms with Crippen molar-refractivity contribution in [1.82, 2.24) is 29.5 Å². The van der Waals surface area contributed by atoms with Gasteiger partial charge in [0.15, 0.2) is 23.2 Å². The molecule has 0 aliphatic carbocycles. The lowest BCUT2D eigenvalue weighted by atomic mass is 9.96. The number of imidazole rings is 2. The van der Waals surface area contributed by atoms with E-state index in [9.17, 15) is 15.3 Å². The summed E-state index contributed by atoms with van der Waals surface area (Å²) in [6.45, 7) is 1.66. The Kier molecular flexibility index (Phi) is 4.52. The third-order valence-electron chi connectivity index (χ3n) is 4.79. The van der Waals surface area contributed by atoms with Crippen molar-refractivity contribution in [2.45, 2.75) is 37.4 Å². The van der Waals surface area contributed by atoms with E-state index in [2.05, 4.69) is 30.2 Å². The van der Waals surface area contributed by atoms with Crippen molar-refractivity contribution in [2.24, 2.45) is 0 Å². The van der Waals surface area contributed by atoms with Crippen molar-refractivity contribution in [3.05, 3.63) is 30.9 Å². The van der Waals surface area contributed by atoms with E-state index in [1.807, 2.05) is 0 Å². The van der Waals surface area contributed by atoms with Gasteiger partial charge in [-0.3, -0.25) is 4.57 Å². The Hall–Kier alpha value is -2.60. The molecule has 11 nitrogen and oxygen atoms in total. The molecule has 5 N–H and O–H groups in total. The molecular weight excluding hydrogens is 354 g/mol. The van der Waals surface area contributed by atoms with Gasteiger partial charge in [0, 0.05) is 24.9 Å². The third kappa shape index (κ3) is 3.04. The number of H-pyrrole nitrogens is 1. The van der Waals surface area contributed by atoms with Gasteiger partial charge in [0.1, 0.15) is 24.1 Å². The van der Waals surface area contributed by atoms with Gasteiger partial charge in [-0.2, -0.15) is 0 Å². The van der Waals surface area contributed by atoms with Crippen LogP contribution < -0.4 is 5.32 Å². The van der Waals surface area contributed by atoms with Gasteiger partial charge in [0.05, 0.1) is 19.3 Å². The van der Waals surface area contributed by atoms with Crippen LogP contribution in [0.5, 0.6) is 0 Å². The maximum Gasteiger partial charge on any atom is 0.168 e. The second-order valence-corrected chi connectivity index (χ2v) is 6.68. The van der Waals surface area contributed by atoms with Gasteiger partial charge in [-0.1, -0.05) is 0 Å². The summed E-state index contributed by atoms with van der Waals surface area (Å²) in [4.78, 5) is 19.8. The number of rotatable bonds is 6. The molecule has 3 aromatic rings. The third-order valence-corrected chi connectivity index (χ3v) is 4.79. The van der Waals surface area contributed by atoms with Gasteiger partial charge in [-0.05, 0) is 6.92 Å². The van der Waals surface area contributed by atoms with Crippen LogP contribution in [0.25, 0.3) is 11.2 Å². The summed E-state index contributed by atoms with van der Waals surface area (Å²) in [7, 11) is 0. The molecule has 1 saturated heterocycles. The fourth-order valence-electron chi connectivity index (χ4n) is 3.28. The highest BCUT2D eigenvalue weighted by atomic mass is 16.6. The van der Waals surface area contributed by atoms with Crippen molar-refractivity contribution in [3.63, 3.8) is 0 Å². The number of aromatic amines is 1. The maximum atomic E-state index is 10.7. The molecule has 0 aromatic carbocycles. The van der Waals surface area contributed by atoms with E-state index >= 15 is 0 Å². The zero-order valence-electron chi connectivity index (χ0n) is 14.6. The minimum atomic E-state index is -1.61. The molecule has 1 aliphatic heterocycles. The van der Waals surface area contributed by atoms with E-state index in [0.29, 0.717) is 23.5 Å². The van der Waals surface area contributed by atoms with Crippen molar-refractivity contribution < 1.29 is 20.1 Å². The summed E-state index contributed by atoms with van der Waals surface area (Å²) in [6.07, 6.45) is 3.91. The molecule has 3 unspecified atom stereocenters. The van der Waals surface area contributed by atoms with E-state index in [1.54, 1.807) is 12.5 Å². The van der Waals surface area contributed by atoms with Crippen LogP contribution in [0.15, 0.2) is 25.2 Å². The SMILES string of the molecule is C[C@@]1(O)C(O)C(CO)OC1n1cnc2c(NCCc3cnc[nH]3)ncnc21. The summed E-state index contributed by atoms with van der Waals surface area (Å²) in [6, 6.07) is 0. The Morgan fingerprint density at radius 3 is 2.93 bits per heavy atom. The fraction of sp³-hybridized carbons (Fsp3) is 0.500. The van der Waals surface area contributed by atoms with E-state index < -0.39 is 30.6 Å². The highest BCUT2D eigenvalue weighted by molar-refractivity contribution is 5.82. The highest BCUT2D eigenvalue weighted by Crippen LogP contribution is 2.39. The van der Waals surface area contributed by atoms with Gasteiger partial charge < -0.3 is 30.4 Å². The number of anilines is 1. The van der Waals surface area contributed by atoms with E-state index in [0.717, 1.165) is 12.1 Å². The molecule has 144 valence electrons. The average molecular weight is 375 g/mol. The Morgan fingerprint density at radius 1 is 1.37 bits per heavy atom. The minimum Gasteiger partial charge on any atom is -0.394 e. The molecule has 3 aromatic heterocycles. The van der Waals surface area contributed by atoms with Gasteiger partial charge >= 0.3 is 0 Å². The zero-order valence-corrected chi connectivity index (χ0v) is 14.6. The normalized spacial score (nSPS) is 28.1. The molecule has 4 atom stereocenters. The standard InChI is InChI=1S/C16H21N7O4/c1-16(26)12(25)10(5-24)27-15(16)23-8-22-11-13(20-7-21-14(11)23)18-3-2-9-4-17-6-19-9/h4,6-8,10,12,15,24-26H,2-3,5H2,1H3,(H,17,19)(H,18,20,21)/t10?,12?,15?,16-/m1/s1. The number of aromatic nitrogens is 6. The van der Waals surface area contributed by atoms with Gasteiger partial charge in [-0.15, -0.1) is 0 Å². The second-order valence-electron chi connectivity index (χ2n) is 6.68. The van der Waals surface area contributed by atoms with Gasteiger partial charge in [-0.25, -0.2) is 19.9 Å². The predicted octanol–water partition coefficient (Wildman–Crippen LogP) is -0.794. The molecule has 4 rings (SSSR count). The molecule has 0 radical (unpaired) electrons. The predicted molar refractivity (Wildman–Crippen MR) is 93.7 cm³/mol. The highest BCUT2D eigenvalue weighted by Gasteiger charge is 2.53. The van der Waals surface area contributed by atoms with Gasteiger partial charge in [0.25, 0.3) is 0 Å². The summed E-state index contributed by atoms with van der Waals surface area (Å²) in [5.74, 6) is 0.551. The summed E-state index contributed by atoms with van der Waals surface area (Å²) >= 11 is 0. The van der Waals surface area contributed by atoms with Crippen LogP contribution in [-0.2, 0) is 11.2 Å². The van der Waals surface area contributed by atoms with Crippen molar-refractivity contribution in [1.29, 1.82) is 0 Å². The van der Waals surface area contributed by atoms with E-state index in [1.165, 1.54) is 24.1 Å². The molecule has 1 fully saturated rings. The average Bonchev–Trinajstić information content (AvgIpc) is 3.36. The van der Waals surface area contributed by atoms with Crippen LogP contribution in [-0.4, -0.2) is 75.8 Å². The zero-order chi connectivity index (χ0) is 19.0. The first-order valence-corrected chi connectivity index (χ1v) is 8.57. The first-order chi connectivity index (χ1) is 13.0. The summed E-state index contributed by atoms with van der Waals surface area (Å²) < 4.78 is 7.18. The van der Waals surface area contributed by atoms with Crippen molar-refractivity contribution >= 4 is 17.0 Å². The molecule has 0 amide bonds. The van der Waals surface area contributed by atoms with Crippen molar-refractivity contribution in [3.8, 4) is 0 Å².